The van der Waals surface area contributed by atoms with Gasteiger partial charge in [0.25, 0.3) is 0 Å². The molecule has 1 atom stereocenters. The quantitative estimate of drug-likeness (QED) is 0.839. The Bertz CT molecular complexity index is 436. The maximum atomic E-state index is 12.7. The molecule has 4 nitrogen and oxygen atoms in total. The lowest BCUT2D eigenvalue weighted by molar-refractivity contribution is -0.144. The first-order valence-corrected chi connectivity index (χ1v) is 5.20. The molecule has 1 unspecified atom stereocenters. The molecule has 0 bridgehead atoms. The molecule has 0 aliphatic carbocycles. The highest BCUT2D eigenvalue weighted by Gasteiger charge is 2.21. The Morgan fingerprint density at radius 1 is 1.50 bits per heavy atom. The molecular formula is C10H9BrFNO3. The van der Waals surface area contributed by atoms with Gasteiger partial charge in [0.15, 0.2) is 0 Å². The first kappa shape index (κ1) is 12.6. The maximum absolute atomic E-state index is 12.7. The van der Waals surface area contributed by atoms with Crippen molar-refractivity contribution in [2.45, 2.75) is 6.92 Å². The summed E-state index contributed by atoms with van der Waals surface area (Å²) in [6, 6.07) is 3.71. The number of rotatable bonds is 3. The molecule has 1 aromatic rings. The minimum atomic E-state index is -1.21. The van der Waals surface area contributed by atoms with E-state index in [9.17, 15) is 14.0 Å². The van der Waals surface area contributed by atoms with Gasteiger partial charge in [0.2, 0.25) is 5.91 Å². The highest BCUT2D eigenvalue weighted by Crippen LogP contribution is 2.23. The smallest absolute Gasteiger partial charge is 0.315 e. The number of aliphatic carboxylic acids is 1. The van der Waals surface area contributed by atoms with Crippen LogP contribution in [0.25, 0.3) is 0 Å². The predicted octanol–water partition coefficient (Wildman–Crippen LogP) is 2.25. The van der Waals surface area contributed by atoms with E-state index < -0.39 is 23.6 Å². The van der Waals surface area contributed by atoms with Gasteiger partial charge in [-0.1, -0.05) is 0 Å². The molecule has 1 rings (SSSR count). The van der Waals surface area contributed by atoms with Crippen LogP contribution in [0.15, 0.2) is 22.7 Å². The highest BCUT2D eigenvalue weighted by atomic mass is 79.9. The lowest BCUT2D eigenvalue weighted by atomic mass is 10.1. The second-order valence-corrected chi connectivity index (χ2v) is 4.03. The lowest BCUT2D eigenvalue weighted by Gasteiger charge is -2.09. The third kappa shape index (κ3) is 3.03. The number of anilines is 1. The van der Waals surface area contributed by atoms with E-state index in [1.54, 1.807) is 0 Å². The Morgan fingerprint density at radius 3 is 2.62 bits per heavy atom. The molecule has 0 aliphatic heterocycles. The van der Waals surface area contributed by atoms with Crippen LogP contribution in [-0.2, 0) is 9.59 Å². The van der Waals surface area contributed by atoms with Crippen molar-refractivity contribution < 1.29 is 19.1 Å². The van der Waals surface area contributed by atoms with Crippen molar-refractivity contribution >= 4 is 33.5 Å². The Morgan fingerprint density at radius 2 is 2.12 bits per heavy atom. The summed E-state index contributed by atoms with van der Waals surface area (Å²) < 4.78 is 13.1. The van der Waals surface area contributed by atoms with Crippen LogP contribution in [-0.4, -0.2) is 17.0 Å². The molecule has 86 valence electrons. The molecule has 1 aromatic carbocycles. The van der Waals surface area contributed by atoms with Crippen molar-refractivity contribution in [2.24, 2.45) is 5.92 Å². The first-order valence-electron chi connectivity index (χ1n) is 4.40. The van der Waals surface area contributed by atoms with Gasteiger partial charge in [-0.2, -0.15) is 0 Å². The standard InChI is InChI=1S/C10H9BrFNO3/c1-5(10(15)16)9(14)13-8-3-2-6(12)4-7(8)11/h2-5H,1H3,(H,13,14)(H,15,16). The number of carboxylic acid groups (broad SMARTS) is 1. The van der Waals surface area contributed by atoms with Gasteiger partial charge in [-0.3, -0.25) is 9.59 Å². The fraction of sp³-hybridized carbons (Fsp3) is 0.200. The summed E-state index contributed by atoms with van der Waals surface area (Å²) >= 11 is 3.06. The summed E-state index contributed by atoms with van der Waals surface area (Å²) in [6.07, 6.45) is 0. The number of hydrogen-bond donors (Lipinski definition) is 2. The molecule has 0 radical (unpaired) electrons. The zero-order chi connectivity index (χ0) is 12.3. The van der Waals surface area contributed by atoms with Gasteiger partial charge in [-0.05, 0) is 41.1 Å². The van der Waals surface area contributed by atoms with Gasteiger partial charge < -0.3 is 10.4 Å². The second kappa shape index (κ2) is 5.07. The molecule has 0 heterocycles. The van der Waals surface area contributed by atoms with E-state index in [-0.39, 0.29) is 0 Å². The molecule has 1 amide bonds. The fourth-order valence-electron chi connectivity index (χ4n) is 0.944. The van der Waals surface area contributed by atoms with Crippen molar-refractivity contribution in [3.8, 4) is 0 Å². The zero-order valence-corrected chi connectivity index (χ0v) is 9.92. The van der Waals surface area contributed by atoms with E-state index in [0.717, 1.165) is 0 Å². The Hall–Kier alpha value is -1.43. The van der Waals surface area contributed by atoms with E-state index in [0.29, 0.717) is 10.2 Å². The van der Waals surface area contributed by atoms with E-state index in [2.05, 4.69) is 21.2 Å². The van der Waals surface area contributed by atoms with Crippen molar-refractivity contribution in [3.63, 3.8) is 0 Å². The number of amides is 1. The molecule has 0 aliphatic rings. The normalized spacial score (nSPS) is 11.9. The number of carbonyl (C=O) groups is 2. The molecule has 0 saturated heterocycles. The van der Waals surface area contributed by atoms with E-state index in [4.69, 9.17) is 5.11 Å². The summed E-state index contributed by atoms with van der Waals surface area (Å²) in [6.45, 7) is 1.27. The van der Waals surface area contributed by atoms with Gasteiger partial charge >= 0.3 is 5.97 Å². The molecule has 0 spiro atoms. The second-order valence-electron chi connectivity index (χ2n) is 3.17. The van der Waals surface area contributed by atoms with Crippen molar-refractivity contribution in [1.29, 1.82) is 0 Å². The number of hydrogen-bond acceptors (Lipinski definition) is 2. The number of carboxylic acids is 1. The number of halogens is 2. The SMILES string of the molecule is CC(C(=O)O)C(=O)Nc1ccc(F)cc1Br. The molecular weight excluding hydrogens is 281 g/mol. The summed E-state index contributed by atoms with van der Waals surface area (Å²) in [5, 5.41) is 11.0. The van der Waals surface area contributed by atoms with E-state index >= 15 is 0 Å². The van der Waals surface area contributed by atoms with Crippen LogP contribution < -0.4 is 5.32 Å². The third-order valence-electron chi connectivity index (χ3n) is 1.95. The van der Waals surface area contributed by atoms with Crippen molar-refractivity contribution in [2.75, 3.05) is 5.32 Å². The molecule has 0 fully saturated rings. The number of benzene rings is 1. The van der Waals surface area contributed by atoms with Gasteiger partial charge in [-0.25, -0.2) is 4.39 Å². The summed E-state index contributed by atoms with van der Waals surface area (Å²) in [5.74, 6) is -3.47. The van der Waals surface area contributed by atoms with Crippen molar-refractivity contribution in [1.82, 2.24) is 0 Å². The Labute approximate surface area is 99.6 Å². The molecule has 0 saturated carbocycles. The molecule has 6 heteroatoms. The third-order valence-corrected chi connectivity index (χ3v) is 2.61. The average molecular weight is 290 g/mol. The molecule has 2 N–H and O–H groups in total. The van der Waals surface area contributed by atoms with Gasteiger partial charge in [0, 0.05) is 4.47 Å². The molecule has 0 aromatic heterocycles. The van der Waals surface area contributed by atoms with Crippen LogP contribution in [0.5, 0.6) is 0 Å². The van der Waals surface area contributed by atoms with Crippen molar-refractivity contribution in [3.05, 3.63) is 28.5 Å². The Kier molecular flexibility index (Phi) is 4.00. The summed E-state index contributed by atoms with van der Waals surface area (Å²) in [5.41, 5.74) is 0.333. The lowest BCUT2D eigenvalue weighted by Crippen LogP contribution is -2.27. The van der Waals surface area contributed by atoms with Crippen LogP contribution in [0.1, 0.15) is 6.92 Å². The minimum Gasteiger partial charge on any atom is -0.481 e. The van der Waals surface area contributed by atoms with Crippen LogP contribution in [0, 0.1) is 11.7 Å². The summed E-state index contributed by atoms with van der Waals surface area (Å²) in [4.78, 5) is 21.9. The fourth-order valence-corrected chi connectivity index (χ4v) is 1.39. The van der Waals surface area contributed by atoms with Crippen LogP contribution in [0.3, 0.4) is 0 Å². The number of nitrogens with one attached hydrogen (secondary N) is 1. The van der Waals surface area contributed by atoms with Gasteiger partial charge in [-0.15, -0.1) is 0 Å². The number of carbonyl (C=O) groups excluding carboxylic acids is 1. The van der Waals surface area contributed by atoms with Crippen LogP contribution in [0.4, 0.5) is 10.1 Å². The van der Waals surface area contributed by atoms with Gasteiger partial charge in [0.05, 0.1) is 5.69 Å². The predicted molar refractivity (Wildman–Crippen MR) is 59.5 cm³/mol. The molecule has 16 heavy (non-hydrogen) atoms. The largest absolute Gasteiger partial charge is 0.481 e. The van der Waals surface area contributed by atoms with E-state index in [1.165, 1.54) is 25.1 Å². The summed E-state index contributed by atoms with van der Waals surface area (Å²) in [7, 11) is 0. The van der Waals surface area contributed by atoms with E-state index in [1.807, 2.05) is 0 Å². The monoisotopic (exact) mass is 289 g/mol. The van der Waals surface area contributed by atoms with Gasteiger partial charge in [0.1, 0.15) is 11.7 Å². The zero-order valence-electron chi connectivity index (χ0n) is 8.33. The topological polar surface area (TPSA) is 66.4 Å². The average Bonchev–Trinajstić information content (AvgIpc) is 2.20. The Balaban J connectivity index is 2.81. The maximum Gasteiger partial charge on any atom is 0.315 e. The highest BCUT2D eigenvalue weighted by molar-refractivity contribution is 9.10. The minimum absolute atomic E-state index is 0.333. The van der Waals surface area contributed by atoms with Crippen LogP contribution in [0.2, 0.25) is 0 Å². The first-order chi connectivity index (χ1) is 7.41. The van der Waals surface area contributed by atoms with Crippen LogP contribution >= 0.6 is 15.9 Å².